The Bertz CT molecular complexity index is 184. The molecule has 0 radical (unpaired) electrons. The standard InChI is InChI=1S/C10H17NO/c1-9(12)11-8-7-10-5-3-2-4-6-10/h5H,2-4,6-8H2,1H3,(H,11,12). The first-order chi connectivity index (χ1) is 5.79. The van der Waals surface area contributed by atoms with Gasteiger partial charge in [0.25, 0.3) is 0 Å². The SMILES string of the molecule is CC(=O)NCCC1=CCCCC1. The molecule has 0 heterocycles. The fourth-order valence-corrected chi connectivity index (χ4v) is 1.53. The van der Waals surface area contributed by atoms with E-state index in [1.165, 1.54) is 31.3 Å². The summed E-state index contributed by atoms with van der Waals surface area (Å²) < 4.78 is 0. The van der Waals surface area contributed by atoms with Gasteiger partial charge in [0.1, 0.15) is 0 Å². The van der Waals surface area contributed by atoms with Gasteiger partial charge in [0.15, 0.2) is 0 Å². The van der Waals surface area contributed by atoms with E-state index < -0.39 is 0 Å². The first-order valence-electron chi connectivity index (χ1n) is 4.71. The van der Waals surface area contributed by atoms with E-state index in [1.54, 1.807) is 6.92 Å². The predicted octanol–water partition coefficient (Wildman–Crippen LogP) is 2.01. The number of hydrogen-bond donors (Lipinski definition) is 1. The summed E-state index contributed by atoms with van der Waals surface area (Å²) in [6.45, 7) is 2.37. The van der Waals surface area contributed by atoms with Crippen LogP contribution in [0.15, 0.2) is 11.6 Å². The lowest BCUT2D eigenvalue weighted by Crippen LogP contribution is -2.21. The van der Waals surface area contributed by atoms with E-state index in [0.717, 1.165) is 13.0 Å². The van der Waals surface area contributed by atoms with Crippen molar-refractivity contribution in [3.63, 3.8) is 0 Å². The van der Waals surface area contributed by atoms with Crippen LogP contribution in [0.4, 0.5) is 0 Å². The van der Waals surface area contributed by atoms with E-state index >= 15 is 0 Å². The average molecular weight is 167 g/mol. The van der Waals surface area contributed by atoms with E-state index in [0.29, 0.717) is 0 Å². The van der Waals surface area contributed by atoms with Crippen LogP contribution < -0.4 is 5.32 Å². The Morgan fingerprint density at radius 1 is 1.58 bits per heavy atom. The summed E-state index contributed by atoms with van der Waals surface area (Å²) in [6.07, 6.45) is 8.50. The lowest BCUT2D eigenvalue weighted by molar-refractivity contribution is -0.118. The van der Waals surface area contributed by atoms with Gasteiger partial charge in [0.05, 0.1) is 0 Å². The van der Waals surface area contributed by atoms with E-state index in [9.17, 15) is 4.79 Å². The fourth-order valence-electron chi connectivity index (χ4n) is 1.53. The van der Waals surface area contributed by atoms with Gasteiger partial charge in [0.2, 0.25) is 5.91 Å². The van der Waals surface area contributed by atoms with E-state index in [2.05, 4.69) is 11.4 Å². The van der Waals surface area contributed by atoms with Crippen LogP contribution in [0.25, 0.3) is 0 Å². The zero-order valence-electron chi connectivity index (χ0n) is 7.73. The summed E-state index contributed by atoms with van der Waals surface area (Å²) in [5, 5.41) is 2.81. The molecular weight excluding hydrogens is 150 g/mol. The topological polar surface area (TPSA) is 29.1 Å². The molecular formula is C10H17NO. The highest BCUT2D eigenvalue weighted by Gasteiger charge is 2.02. The summed E-state index contributed by atoms with van der Waals surface area (Å²) in [5.74, 6) is 0.0754. The summed E-state index contributed by atoms with van der Waals surface area (Å²) in [5.41, 5.74) is 1.52. The number of nitrogens with one attached hydrogen (secondary N) is 1. The van der Waals surface area contributed by atoms with Crippen LogP contribution in [0.5, 0.6) is 0 Å². The third kappa shape index (κ3) is 3.56. The minimum absolute atomic E-state index is 0.0754. The normalized spacial score (nSPS) is 16.9. The summed E-state index contributed by atoms with van der Waals surface area (Å²) >= 11 is 0. The molecule has 68 valence electrons. The molecule has 0 bridgehead atoms. The zero-order chi connectivity index (χ0) is 8.81. The minimum Gasteiger partial charge on any atom is -0.356 e. The van der Waals surface area contributed by atoms with Gasteiger partial charge in [-0.05, 0) is 32.1 Å². The zero-order valence-corrected chi connectivity index (χ0v) is 7.73. The van der Waals surface area contributed by atoms with E-state index in [1.807, 2.05) is 0 Å². The quantitative estimate of drug-likeness (QED) is 0.640. The molecule has 1 aliphatic rings. The van der Waals surface area contributed by atoms with Crippen molar-refractivity contribution in [1.82, 2.24) is 5.32 Å². The van der Waals surface area contributed by atoms with Crippen molar-refractivity contribution in [1.29, 1.82) is 0 Å². The molecule has 0 fully saturated rings. The Morgan fingerprint density at radius 3 is 3.00 bits per heavy atom. The van der Waals surface area contributed by atoms with E-state index in [4.69, 9.17) is 0 Å². The molecule has 1 amide bonds. The van der Waals surface area contributed by atoms with Crippen molar-refractivity contribution in [2.45, 2.75) is 39.0 Å². The van der Waals surface area contributed by atoms with E-state index in [-0.39, 0.29) is 5.91 Å². The average Bonchev–Trinajstić information content (AvgIpc) is 2.05. The molecule has 0 aromatic heterocycles. The lowest BCUT2D eigenvalue weighted by atomic mass is 9.97. The third-order valence-corrected chi connectivity index (χ3v) is 2.21. The van der Waals surface area contributed by atoms with Crippen molar-refractivity contribution in [3.05, 3.63) is 11.6 Å². The van der Waals surface area contributed by atoms with Crippen LogP contribution in [-0.4, -0.2) is 12.5 Å². The number of hydrogen-bond acceptors (Lipinski definition) is 1. The lowest BCUT2D eigenvalue weighted by Gasteiger charge is -2.12. The van der Waals surface area contributed by atoms with Crippen molar-refractivity contribution in [3.8, 4) is 0 Å². The minimum atomic E-state index is 0.0754. The number of carbonyl (C=O) groups is 1. The highest BCUT2D eigenvalue weighted by Crippen LogP contribution is 2.19. The maximum Gasteiger partial charge on any atom is 0.216 e. The molecule has 0 aliphatic heterocycles. The van der Waals surface area contributed by atoms with Gasteiger partial charge < -0.3 is 5.32 Å². The summed E-state index contributed by atoms with van der Waals surface area (Å²) in [7, 11) is 0. The van der Waals surface area contributed by atoms with Crippen molar-refractivity contribution in [2.24, 2.45) is 0 Å². The molecule has 0 atom stereocenters. The molecule has 12 heavy (non-hydrogen) atoms. The Labute approximate surface area is 74.0 Å². The summed E-state index contributed by atoms with van der Waals surface area (Å²) in [6, 6.07) is 0. The third-order valence-electron chi connectivity index (χ3n) is 2.21. The fraction of sp³-hybridized carbons (Fsp3) is 0.700. The van der Waals surface area contributed by atoms with Crippen LogP contribution in [0.3, 0.4) is 0 Å². The molecule has 2 heteroatoms. The molecule has 0 saturated heterocycles. The molecule has 1 N–H and O–H groups in total. The maximum atomic E-state index is 10.6. The van der Waals surface area contributed by atoms with Crippen molar-refractivity contribution >= 4 is 5.91 Å². The molecule has 0 saturated carbocycles. The Morgan fingerprint density at radius 2 is 2.42 bits per heavy atom. The van der Waals surface area contributed by atoms with Crippen LogP contribution in [0, 0.1) is 0 Å². The number of allylic oxidation sites excluding steroid dienone is 1. The molecule has 0 spiro atoms. The van der Waals surface area contributed by atoms with Crippen LogP contribution in [-0.2, 0) is 4.79 Å². The molecule has 1 rings (SSSR count). The Balaban J connectivity index is 2.13. The number of amides is 1. The van der Waals surface area contributed by atoms with Crippen LogP contribution in [0.1, 0.15) is 39.0 Å². The van der Waals surface area contributed by atoms with Gasteiger partial charge in [0, 0.05) is 13.5 Å². The van der Waals surface area contributed by atoms with Gasteiger partial charge in [-0.3, -0.25) is 4.79 Å². The van der Waals surface area contributed by atoms with Crippen molar-refractivity contribution in [2.75, 3.05) is 6.54 Å². The molecule has 1 aliphatic carbocycles. The van der Waals surface area contributed by atoms with Gasteiger partial charge in [-0.15, -0.1) is 0 Å². The van der Waals surface area contributed by atoms with Crippen LogP contribution >= 0.6 is 0 Å². The molecule has 0 aromatic rings. The second-order valence-electron chi connectivity index (χ2n) is 3.34. The Hall–Kier alpha value is -0.790. The predicted molar refractivity (Wildman–Crippen MR) is 49.9 cm³/mol. The number of carbonyl (C=O) groups excluding carboxylic acids is 1. The van der Waals surface area contributed by atoms with Gasteiger partial charge in [-0.2, -0.15) is 0 Å². The first-order valence-corrected chi connectivity index (χ1v) is 4.71. The molecule has 2 nitrogen and oxygen atoms in total. The van der Waals surface area contributed by atoms with Gasteiger partial charge >= 0.3 is 0 Å². The highest BCUT2D eigenvalue weighted by atomic mass is 16.1. The summed E-state index contributed by atoms with van der Waals surface area (Å²) in [4.78, 5) is 10.6. The largest absolute Gasteiger partial charge is 0.356 e. The molecule has 0 aromatic carbocycles. The smallest absolute Gasteiger partial charge is 0.216 e. The van der Waals surface area contributed by atoms with Crippen molar-refractivity contribution < 1.29 is 4.79 Å². The Kier molecular flexibility index (Phi) is 3.85. The first kappa shape index (κ1) is 9.30. The molecule has 0 unspecified atom stereocenters. The highest BCUT2D eigenvalue weighted by molar-refractivity contribution is 5.72. The maximum absolute atomic E-state index is 10.6. The van der Waals surface area contributed by atoms with Crippen LogP contribution in [0.2, 0.25) is 0 Å². The second-order valence-corrected chi connectivity index (χ2v) is 3.34. The number of rotatable bonds is 3. The van der Waals surface area contributed by atoms with Gasteiger partial charge in [-0.25, -0.2) is 0 Å². The second kappa shape index (κ2) is 4.96. The monoisotopic (exact) mass is 167 g/mol. The van der Waals surface area contributed by atoms with Gasteiger partial charge in [-0.1, -0.05) is 11.6 Å².